The number of carbonyl (C=O) groups excluding carboxylic acids is 2. The number of hydrogen-bond acceptors (Lipinski definition) is 5. The number of hydrazone groups is 1. The first-order valence-corrected chi connectivity index (χ1v) is 13.0. The topological polar surface area (TPSA) is 74.1 Å². The van der Waals surface area contributed by atoms with E-state index in [0.29, 0.717) is 11.6 Å². The van der Waals surface area contributed by atoms with E-state index in [4.69, 9.17) is 5.10 Å². The first kappa shape index (κ1) is 24.9. The molecule has 2 aliphatic heterocycles. The second-order valence-electron chi connectivity index (χ2n) is 9.44. The normalized spacial score (nSPS) is 19.1. The van der Waals surface area contributed by atoms with Crippen LogP contribution in [0.4, 0.5) is 10.1 Å². The largest absolute Gasteiger partial charge is 0.326 e. The predicted molar refractivity (Wildman–Crippen MR) is 146 cm³/mol. The molecule has 2 heterocycles. The van der Waals surface area contributed by atoms with Crippen molar-refractivity contribution in [1.29, 1.82) is 0 Å². The highest BCUT2D eigenvalue weighted by molar-refractivity contribution is 8.15. The quantitative estimate of drug-likeness (QED) is 0.458. The fourth-order valence-corrected chi connectivity index (χ4v) is 5.54. The molecule has 2 amide bonds. The molecule has 0 radical (unpaired) electrons. The van der Waals surface area contributed by atoms with E-state index >= 15 is 0 Å². The zero-order valence-electron chi connectivity index (χ0n) is 20.9. The first-order chi connectivity index (χ1) is 17.8. The monoisotopic (exact) mass is 514 g/mol. The number of hydrogen-bond donors (Lipinski definition) is 1. The molecule has 0 saturated carbocycles. The van der Waals surface area contributed by atoms with Crippen LogP contribution in [0.15, 0.2) is 76.8 Å². The molecule has 3 aromatic rings. The fraction of sp³-hybridized carbons (Fsp3) is 0.241. The summed E-state index contributed by atoms with van der Waals surface area (Å²) in [4.78, 5) is 29.9. The maximum absolute atomic E-state index is 13.5. The summed E-state index contributed by atoms with van der Waals surface area (Å²) >= 11 is 1.26. The van der Waals surface area contributed by atoms with Gasteiger partial charge in [0.05, 0.1) is 11.8 Å². The minimum Gasteiger partial charge on any atom is -0.326 e. The first-order valence-electron chi connectivity index (χ1n) is 12.1. The summed E-state index contributed by atoms with van der Waals surface area (Å²) in [5.41, 5.74) is 6.61. The Labute approximate surface area is 219 Å². The Balaban J connectivity index is 1.35. The highest BCUT2D eigenvalue weighted by Crippen LogP contribution is 2.38. The maximum Gasteiger partial charge on any atom is 0.262 e. The van der Waals surface area contributed by atoms with Gasteiger partial charge in [0.25, 0.3) is 5.91 Å². The molecule has 2 aliphatic rings. The fourth-order valence-electron chi connectivity index (χ4n) is 4.48. The number of aryl methyl sites for hydroxylation is 3. The van der Waals surface area contributed by atoms with E-state index < -0.39 is 5.25 Å². The molecule has 0 spiro atoms. The molecule has 0 saturated heterocycles. The van der Waals surface area contributed by atoms with Crippen LogP contribution in [0.3, 0.4) is 0 Å². The maximum atomic E-state index is 13.5. The number of anilines is 1. The molecule has 1 N–H and O–H groups in total. The van der Waals surface area contributed by atoms with Gasteiger partial charge in [-0.2, -0.15) is 10.1 Å². The van der Waals surface area contributed by atoms with Gasteiger partial charge in [-0.3, -0.25) is 9.59 Å². The molecule has 0 unspecified atom stereocenters. The van der Waals surface area contributed by atoms with Gasteiger partial charge in [-0.1, -0.05) is 71.4 Å². The Morgan fingerprint density at radius 3 is 2.43 bits per heavy atom. The predicted octanol–water partition coefficient (Wildman–Crippen LogP) is 5.93. The van der Waals surface area contributed by atoms with E-state index in [-0.39, 0.29) is 30.1 Å². The molecule has 0 fully saturated rings. The van der Waals surface area contributed by atoms with Crippen LogP contribution in [0.25, 0.3) is 0 Å². The Hall–Kier alpha value is -3.78. The van der Waals surface area contributed by atoms with Crippen molar-refractivity contribution in [3.8, 4) is 0 Å². The van der Waals surface area contributed by atoms with E-state index in [1.807, 2.05) is 63.2 Å². The molecular formula is C29H27FN4O2S. The van der Waals surface area contributed by atoms with Gasteiger partial charge in [0.15, 0.2) is 5.17 Å². The van der Waals surface area contributed by atoms with Gasteiger partial charge in [-0.05, 0) is 55.7 Å². The lowest BCUT2D eigenvalue weighted by Gasteiger charge is -2.23. The number of carbonyl (C=O) groups is 2. The Kier molecular flexibility index (Phi) is 6.93. The zero-order valence-corrected chi connectivity index (χ0v) is 21.7. The number of thioether (sulfide) groups is 1. The van der Waals surface area contributed by atoms with Crippen molar-refractivity contribution in [2.45, 2.75) is 44.9 Å². The number of nitrogens with one attached hydrogen (secondary N) is 1. The summed E-state index contributed by atoms with van der Waals surface area (Å²) in [7, 11) is 0. The van der Waals surface area contributed by atoms with Crippen molar-refractivity contribution < 1.29 is 14.0 Å². The molecule has 0 aromatic heterocycles. The third-order valence-corrected chi connectivity index (χ3v) is 7.64. The number of halogens is 1. The van der Waals surface area contributed by atoms with Crippen molar-refractivity contribution in [3.05, 3.63) is 100 Å². The Morgan fingerprint density at radius 2 is 1.73 bits per heavy atom. The number of nitrogens with zero attached hydrogens (tertiary/aromatic N) is 3. The van der Waals surface area contributed by atoms with Crippen LogP contribution in [0.5, 0.6) is 0 Å². The number of rotatable bonds is 5. The number of aliphatic imine (C=N–C) groups is 1. The zero-order chi connectivity index (χ0) is 26.1. The van der Waals surface area contributed by atoms with Crippen LogP contribution >= 0.6 is 11.8 Å². The second kappa shape index (κ2) is 10.3. The molecule has 188 valence electrons. The van der Waals surface area contributed by atoms with Gasteiger partial charge in [-0.25, -0.2) is 9.40 Å². The Morgan fingerprint density at radius 1 is 1.03 bits per heavy atom. The van der Waals surface area contributed by atoms with Gasteiger partial charge in [0.2, 0.25) is 5.91 Å². The van der Waals surface area contributed by atoms with E-state index in [0.717, 1.165) is 39.2 Å². The van der Waals surface area contributed by atoms with E-state index in [1.165, 1.54) is 23.9 Å². The molecule has 0 aliphatic carbocycles. The molecule has 5 rings (SSSR count). The van der Waals surface area contributed by atoms with Crippen LogP contribution in [0, 0.1) is 26.6 Å². The van der Waals surface area contributed by atoms with Gasteiger partial charge in [0.1, 0.15) is 11.1 Å². The standard InChI is InChI=1S/C29H27FN4O2S/c1-17-4-7-21(8-5-17)25-15-24(20-9-11-22(30)12-10-20)33-34(25)29-32-28(36)26(37-29)16-27(35)31-23-13-6-18(2)14-19(23)3/h4-14,25-26H,15-16H2,1-3H3,(H,31,35)/t25-,26-/m1/s1. The molecule has 2 atom stereocenters. The molecule has 3 aromatic carbocycles. The van der Waals surface area contributed by atoms with E-state index in [9.17, 15) is 14.0 Å². The van der Waals surface area contributed by atoms with Crippen molar-refractivity contribution in [2.24, 2.45) is 10.1 Å². The van der Waals surface area contributed by atoms with Gasteiger partial charge < -0.3 is 5.32 Å². The average Bonchev–Trinajstić information content (AvgIpc) is 3.46. The summed E-state index contributed by atoms with van der Waals surface area (Å²) in [6.07, 6.45) is 0.599. The number of amidine groups is 1. The SMILES string of the molecule is Cc1ccc([C@H]2CC(c3ccc(F)cc3)=NN2C2=NC(=O)[C@@H](CC(=O)Nc3ccc(C)cc3C)S2)cc1. The van der Waals surface area contributed by atoms with Crippen LogP contribution in [0.2, 0.25) is 0 Å². The molecule has 37 heavy (non-hydrogen) atoms. The molecule has 8 heteroatoms. The minimum absolute atomic E-state index is 0.0153. The third kappa shape index (κ3) is 5.49. The summed E-state index contributed by atoms with van der Waals surface area (Å²) in [6.45, 7) is 5.96. The average molecular weight is 515 g/mol. The lowest BCUT2D eigenvalue weighted by atomic mass is 9.98. The van der Waals surface area contributed by atoms with Gasteiger partial charge in [0, 0.05) is 18.5 Å². The van der Waals surface area contributed by atoms with Gasteiger partial charge >= 0.3 is 0 Å². The van der Waals surface area contributed by atoms with Crippen molar-refractivity contribution >= 4 is 40.1 Å². The summed E-state index contributed by atoms with van der Waals surface area (Å²) in [5, 5.41) is 9.34. The Bertz CT molecular complexity index is 1420. The highest BCUT2D eigenvalue weighted by Gasteiger charge is 2.39. The van der Waals surface area contributed by atoms with E-state index in [1.54, 1.807) is 17.1 Å². The smallest absolute Gasteiger partial charge is 0.262 e. The van der Waals surface area contributed by atoms with Crippen LogP contribution < -0.4 is 5.32 Å². The molecular weight excluding hydrogens is 487 g/mol. The number of benzene rings is 3. The van der Waals surface area contributed by atoms with Crippen molar-refractivity contribution in [2.75, 3.05) is 5.32 Å². The van der Waals surface area contributed by atoms with E-state index in [2.05, 4.69) is 10.3 Å². The molecule has 0 bridgehead atoms. The van der Waals surface area contributed by atoms with Crippen LogP contribution in [-0.4, -0.2) is 33.0 Å². The second-order valence-corrected chi connectivity index (χ2v) is 10.6. The van der Waals surface area contributed by atoms with Gasteiger partial charge in [-0.15, -0.1) is 0 Å². The summed E-state index contributed by atoms with van der Waals surface area (Å²) in [6, 6.07) is 20.1. The highest BCUT2D eigenvalue weighted by atomic mass is 32.2. The number of amides is 2. The van der Waals surface area contributed by atoms with Crippen molar-refractivity contribution in [3.63, 3.8) is 0 Å². The summed E-state index contributed by atoms with van der Waals surface area (Å²) < 4.78 is 13.5. The summed E-state index contributed by atoms with van der Waals surface area (Å²) in [5.74, 6) is -0.886. The minimum atomic E-state index is -0.621. The third-order valence-electron chi connectivity index (χ3n) is 6.50. The van der Waals surface area contributed by atoms with Crippen molar-refractivity contribution in [1.82, 2.24) is 5.01 Å². The lowest BCUT2D eigenvalue weighted by Crippen LogP contribution is -2.25. The van der Waals surface area contributed by atoms with Crippen LogP contribution in [0.1, 0.15) is 46.7 Å². The molecule has 6 nitrogen and oxygen atoms in total. The van der Waals surface area contributed by atoms with Crippen LogP contribution in [-0.2, 0) is 9.59 Å². The lowest BCUT2D eigenvalue weighted by molar-refractivity contribution is -0.121.